The second-order valence-corrected chi connectivity index (χ2v) is 7.07. The molecule has 0 spiro atoms. The standard InChI is InChI=1S/C25H19BO/c1-18-15-16-21(20(17-18)19-9-3-2-4-10-19)26-22-11-5-7-13-24(22)27-25-14-8-6-12-23(25)26/h2-17H,1H3. The van der Waals surface area contributed by atoms with Crippen LogP contribution in [-0.4, -0.2) is 6.71 Å². The molecule has 0 aromatic heterocycles. The number of para-hydroxylation sites is 2. The summed E-state index contributed by atoms with van der Waals surface area (Å²) in [5, 5.41) is 0. The van der Waals surface area contributed by atoms with E-state index in [1.54, 1.807) is 0 Å². The number of hydrogen-bond donors (Lipinski definition) is 0. The van der Waals surface area contributed by atoms with Crippen LogP contribution in [-0.2, 0) is 0 Å². The van der Waals surface area contributed by atoms with E-state index in [0.29, 0.717) is 0 Å². The van der Waals surface area contributed by atoms with Crippen molar-refractivity contribution in [3.05, 3.63) is 103 Å². The van der Waals surface area contributed by atoms with Gasteiger partial charge in [0.25, 0.3) is 6.71 Å². The lowest BCUT2D eigenvalue weighted by Crippen LogP contribution is -2.55. The van der Waals surface area contributed by atoms with Gasteiger partial charge in [-0.15, -0.1) is 0 Å². The zero-order chi connectivity index (χ0) is 18.2. The molecule has 1 aliphatic rings. The van der Waals surface area contributed by atoms with Gasteiger partial charge in [-0.25, -0.2) is 0 Å². The second-order valence-electron chi connectivity index (χ2n) is 7.07. The molecule has 5 rings (SSSR count). The van der Waals surface area contributed by atoms with Gasteiger partial charge in [-0.1, -0.05) is 96.0 Å². The Hall–Kier alpha value is -3.26. The van der Waals surface area contributed by atoms with Gasteiger partial charge in [-0.05, 0) is 41.1 Å². The monoisotopic (exact) mass is 346 g/mol. The van der Waals surface area contributed by atoms with Crippen LogP contribution in [0.15, 0.2) is 97.1 Å². The van der Waals surface area contributed by atoms with Crippen LogP contribution in [0.4, 0.5) is 0 Å². The maximum atomic E-state index is 6.20. The van der Waals surface area contributed by atoms with Crippen LogP contribution in [0.25, 0.3) is 11.1 Å². The van der Waals surface area contributed by atoms with Crippen LogP contribution in [0.3, 0.4) is 0 Å². The third-order valence-corrected chi connectivity index (χ3v) is 5.28. The van der Waals surface area contributed by atoms with Crippen molar-refractivity contribution >= 4 is 23.1 Å². The SMILES string of the molecule is Cc1ccc(B2c3ccccc3Oc3ccccc32)c(-c2ccccc2)c1. The first kappa shape index (κ1) is 16.0. The lowest BCUT2D eigenvalue weighted by molar-refractivity contribution is 0.487. The fourth-order valence-corrected chi connectivity index (χ4v) is 4.03. The summed E-state index contributed by atoms with van der Waals surface area (Å²) in [6.45, 7) is 2.31. The van der Waals surface area contributed by atoms with Crippen molar-refractivity contribution in [1.29, 1.82) is 0 Å². The van der Waals surface area contributed by atoms with E-state index in [1.807, 2.05) is 12.1 Å². The molecule has 0 fully saturated rings. The Bertz CT molecular complexity index is 1070. The highest BCUT2D eigenvalue weighted by Crippen LogP contribution is 2.26. The molecular formula is C25H19BO. The van der Waals surface area contributed by atoms with Gasteiger partial charge in [0.1, 0.15) is 11.5 Å². The molecule has 0 saturated heterocycles. The number of hydrogen-bond acceptors (Lipinski definition) is 1. The third-order valence-electron chi connectivity index (χ3n) is 5.28. The van der Waals surface area contributed by atoms with E-state index >= 15 is 0 Å². The van der Waals surface area contributed by atoms with E-state index in [9.17, 15) is 0 Å². The minimum absolute atomic E-state index is 0.155. The first-order chi connectivity index (χ1) is 13.3. The highest BCUT2D eigenvalue weighted by atomic mass is 16.5. The first-order valence-corrected chi connectivity index (χ1v) is 9.33. The molecule has 128 valence electrons. The van der Waals surface area contributed by atoms with Gasteiger partial charge in [-0.3, -0.25) is 0 Å². The van der Waals surface area contributed by atoms with Crippen molar-refractivity contribution in [3.8, 4) is 22.6 Å². The molecule has 1 aliphatic heterocycles. The van der Waals surface area contributed by atoms with Gasteiger partial charge in [-0.2, -0.15) is 0 Å². The lowest BCUT2D eigenvalue weighted by atomic mass is 9.35. The van der Waals surface area contributed by atoms with Crippen molar-refractivity contribution in [2.45, 2.75) is 6.92 Å². The molecule has 0 atom stereocenters. The molecule has 0 radical (unpaired) electrons. The summed E-state index contributed by atoms with van der Waals surface area (Å²) in [5.74, 6) is 1.89. The normalized spacial score (nSPS) is 12.1. The molecule has 4 aromatic carbocycles. The summed E-state index contributed by atoms with van der Waals surface area (Å²) in [7, 11) is 0. The van der Waals surface area contributed by atoms with Crippen LogP contribution in [0.5, 0.6) is 11.5 Å². The highest BCUT2D eigenvalue weighted by molar-refractivity contribution is 6.97. The van der Waals surface area contributed by atoms with Gasteiger partial charge < -0.3 is 4.74 Å². The molecule has 27 heavy (non-hydrogen) atoms. The van der Waals surface area contributed by atoms with Gasteiger partial charge in [0.15, 0.2) is 0 Å². The van der Waals surface area contributed by atoms with E-state index < -0.39 is 0 Å². The van der Waals surface area contributed by atoms with E-state index in [2.05, 4.69) is 91.9 Å². The van der Waals surface area contributed by atoms with E-state index in [-0.39, 0.29) is 6.71 Å². The van der Waals surface area contributed by atoms with Crippen molar-refractivity contribution in [1.82, 2.24) is 0 Å². The number of aryl methyl sites for hydroxylation is 1. The number of ether oxygens (including phenoxy) is 1. The average Bonchev–Trinajstić information content (AvgIpc) is 2.73. The zero-order valence-corrected chi connectivity index (χ0v) is 15.2. The van der Waals surface area contributed by atoms with Crippen LogP contribution >= 0.6 is 0 Å². The summed E-state index contributed by atoms with van der Waals surface area (Å²) in [5.41, 5.74) is 7.56. The molecule has 4 aromatic rings. The van der Waals surface area contributed by atoms with Crippen molar-refractivity contribution < 1.29 is 4.74 Å². The summed E-state index contributed by atoms with van der Waals surface area (Å²) in [6.07, 6.45) is 0. The first-order valence-electron chi connectivity index (χ1n) is 9.33. The third kappa shape index (κ3) is 2.74. The summed E-state index contributed by atoms with van der Waals surface area (Å²) >= 11 is 0. The molecule has 0 unspecified atom stereocenters. The minimum Gasteiger partial charge on any atom is -0.458 e. The Kier molecular flexibility index (Phi) is 3.83. The Balaban J connectivity index is 1.79. The quantitative estimate of drug-likeness (QED) is 0.434. The minimum atomic E-state index is 0.155. The molecule has 2 heteroatoms. The van der Waals surface area contributed by atoms with E-state index in [1.165, 1.54) is 33.1 Å². The van der Waals surface area contributed by atoms with E-state index in [0.717, 1.165) is 11.5 Å². The van der Waals surface area contributed by atoms with Crippen LogP contribution in [0, 0.1) is 6.92 Å². The summed E-state index contributed by atoms with van der Waals surface area (Å²) in [6, 6.07) is 34.2. The molecule has 1 nitrogen and oxygen atoms in total. The van der Waals surface area contributed by atoms with Crippen molar-refractivity contribution in [2.24, 2.45) is 0 Å². The molecule has 0 saturated carbocycles. The Morgan fingerprint density at radius 3 is 1.85 bits per heavy atom. The van der Waals surface area contributed by atoms with Crippen molar-refractivity contribution in [2.75, 3.05) is 0 Å². The maximum Gasteiger partial charge on any atom is 0.251 e. The zero-order valence-electron chi connectivity index (χ0n) is 15.2. The Labute approximate surface area is 160 Å². The average molecular weight is 346 g/mol. The molecule has 1 heterocycles. The largest absolute Gasteiger partial charge is 0.458 e. The van der Waals surface area contributed by atoms with Gasteiger partial charge in [0.2, 0.25) is 0 Å². The fraction of sp³-hybridized carbons (Fsp3) is 0.0400. The second kappa shape index (κ2) is 6.48. The number of benzene rings is 4. The smallest absolute Gasteiger partial charge is 0.251 e. The lowest BCUT2D eigenvalue weighted by Gasteiger charge is -2.28. The van der Waals surface area contributed by atoms with Crippen LogP contribution in [0.2, 0.25) is 0 Å². The Morgan fingerprint density at radius 1 is 0.593 bits per heavy atom. The van der Waals surface area contributed by atoms with E-state index in [4.69, 9.17) is 4.74 Å². The molecule has 0 amide bonds. The Morgan fingerprint density at radius 2 is 1.19 bits per heavy atom. The highest BCUT2D eigenvalue weighted by Gasteiger charge is 2.33. The van der Waals surface area contributed by atoms with Crippen molar-refractivity contribution in [3.63, 3.8) is 0 Å². The predicted molar refractivity (Wildman–Crippen MR) is 114 cm³/mol. The van der Waals surface area contributed by atoms with Gasteiger partial charge in [0.05, 0.1) is 0 Å². The molecule has 0 N–H and O–H groups in total. The van der Waals surface area contributed by atoms with Crippen LogP contribution in [0.1, 0.15) is 5.56 Å². The number of fused-ring (bicyclic) bond motifs is 2. The molecule has 0 bridgehead atoms. The molecular weight excluding hydrogens is 327 g/mol. The van der Waals surface area contributed by atoms with Crippen LogP contribution < -0.4 is 21.1 Å². The summed E-state index contributed by atoms with van der Waals surface area (Å²) < 4.78 is 6.20. The number of rotatable bonds is 2. The topological polar surface area (TPSA) is 9.23 Å². The molecule has 0 aliphatic carbocycles. The van der Waals surface area contributed by atoms with Gasteiger partial charge >= 0.3 is 0 Å². The van der Waals surface area contributed by atoms with Gasteiger partial charge in [0, 0.05) is 0 Å². The summed E-state index contributed by atoms with van der Waals surface area (Å²) in [4.78, 5) is 0. The predicted octanol–water partition coefficient (Wildman–Crippen LogP) is 4.28. The maximum absolute atomic E-state index is 6.20. The fourth-order valence-electron chi connectivity index (χ4n) is 4.03.